The number of esters is 1. The lowest BCUT2D eigenvalue weighted by molar-refractivity contribution is -0.145. The topological polar surface area (TPSA) is 38.3 Å². The molecule has 3 nitrogen and oxygen atoms in total. The van der Waals surface area contributed by atoms with Gasteiger partial charge in [0.05, 0.1) is 7.11 Å². The molecule has 110 valence electrons. The zero-order valence-corrected chi connectivity index (χ0v) is 12.5. The second-order valence-electron chi connectivity index (χ2n) is 5.70. The molecule has 3 heteroatoms. The van der Waals surface area contributed by atoms with Crippen molar-refractivity contribution in [3.05, 3.63) is 35.9 Å². The minimum absolute atomic E-state index is 0.125. The van der Waals surface area contributed by atoms with Crippen molar-refractivity contribution in [1.82, 2.24) is 5.32 Å². The molecule has 2 atom stereocenters. The van der Waals surface area contributed by atoms with Crippen molar-refractivity contribution in [3.63, 3.8) is 0 Å². The van der Waals surface area contributed by atoms with Crippen LogP contribution in [0.2, 0.25) is 0 Å². The number of hydrogen-bond donors (Lipinski definition) is 1. The molecular weight excluding hydrogens is 250 g/mol. The van der Waals surface area contributed by atoms with Crippen LogP contribution in [-0.4, -0.2) is 19.1 Å². The van der Waals surface area contributed by atoms with E-state index in [9.17, 15) is 4.79 Å². The fraction of sp³-hybridized carbons (Fsp3) is 0.588. The van der Waals surface area contributed by atoms with Gasteiger partial charge in [-0.15, -0.1) is 0 Å². The van der Waals surface area contributed by atoms with Gasteiger partial charge in [-0.05, 0) is 31.2 Å². The fourth-order valence-corrected chi connectivity index (χ4v) is 3.10. The Morgan fingerprint density at radius 1 is 1.20 bits per heavy atom. The lowest BCUT2D eigenvalue weighted by Gasteiger charge is -2.31. The summed E-state index contributed by atoms with van der Waals surface area (Å²) >= 11 is 0. The minimum Gasteiger partial charge on any atom is -0.468 e. The number of hydrogen-bond acceptors (Lipinski definition) is 3. The quantitative estimate of drug-likeness (QED) is 0.836. The highest BCUT2D eigenvalue weighted by Gasteiger charge is 2.31. The molecule has 0 unspecified atom stereocenters. The molecule has 1 aliphatic carbocycles. The Bertz CT molecular complexity index is 412. The molecular formula is C17H25NO2. The number of nitrogens with one attached hydrogen (secondary N) is 1. The van der Waals surface area contributed by atoms with Gasteiger partial charge in [0, 0.05) is 6.04 Å². The molecule has 0 saturated heterocycles. The maximum absolute atomic E-state index is 12.1. The van der Waals surface area contributed by atoms with E-state index in [1.54, 1.807) is 0 Å². The smallest absolute Gasteiger partial charge is 0.323 e. The average Bonchev–Trinajstić information content (AvgIpc) is 2.53. The fourth-order valence-electron chi connectivity index (χ4n) is 3.10. The van der Waals surface area contributed by atoms with Crippen molar-refractivity contribution < 1.29 is 9.53 Å². The summed E-state index contributed by atoms with van der Waals surface area (Å²) in [6.45, 7) is 2.11. The van der Waals surface area contributed by atoms with Crippen LogP contribution in [-0.2, 0) is 9.53 Å². The van der Waals surface area contributed by atoms with Crippen LogP contribution >= 0.6 is 0 Å². The van der Waals surface area contributed by atoms with Crippen LogP contribution in [0.25, 0.3) is 0 Å². The van der Waals surface area contributed by atoms with Crippen LogP contribution in [0.1, 0.15) is 50.6 Å². The third-order valence-corrected chi connectivity index (χ3v) is 4.31. The van der Waals surface area contributed by atoms with Gasteiger partial charge < -0.3 is 4.74 Å². The highest BCUT2D eigenvalue weighted by molar-refractivity contribution is 5.76. The summed E-state index contributed by atoms with van der Waals surface area (Å²) in [5, 5.41) is 3.48. The van der Waals surface area contributed by atoms with Crippen molar-refractivity contribution in [2.75, 3.05) is 7.11 Å². The summed E-state index contributed by atoms with van der Waals surface area (Å²) < 4.78 is 5.00. The van der Waals surface area contributed by atoms with Gasteiger partial charge in [0.1, 0.15) is 6.04 Å². The van der Waals surface area contributed by atoms with E-state index >= 15 is 0 Å². The molecule has 1 fully saturated rings. The molecule has 20 heavy (non-hydrogen) atoms. The van der Waals surface area contributed by atoms with Crippen molar-refractivity contribution in [1.29, 1.82) is 0 Å². The Hall–Kier alpha value is -1.35. The van der Waals surface area contributed by atoms with Gasteiger partial charge in [-0.25, -0.2) is 0 Å². The van der Waals surface area contributed by atoms with Crippen molar-refractivity contribution in [2.24, 2.45) is 5.92 Å². The second-order valence-corrected chi connectivity index (χ2v) is 5.70. The van der Waals surface area contributed by atoms with Gasteiger partial charge in [0.15, 0.2) is 0 Å². The van der Waals surface area contributed by atoms with Crippen LogP contribution < -0.4 is 5.32 Å². The van der Waals surface area contributed by atoms with Gasteiger partial charge in [-0.3, -0.25) is 10.1 Å². The largest absolute Gasteiger partial charge is 0.468 e. The molecule has 0 bridgehead atoms. The Balaban J connectivity index is 2.05. The number of benzene rings is 1. The normalized spacial score (nSPS) is 19.3. The average molecular weight is 275 g/mol. The third-order valence-electron chi connectivity index (χ3n) is 4.31. The maximum atomic E-state index is 12.1. The van der Waals surface area contributed by atoms with Crippen LogP contribution in [0, 0.1) is 5.92 Å². The van der Waals surface area contributed by atoms with E-state index in [1.807, 2.05) is 18.2 Å². The molecule has 1 N–H and O–H groups in total. The molecule has 0 aliphatic heterocycles. The Labute approximate surface area is 121 Å². The summed E-state index contributed by atoms with van der Waals surface area (Å²) in [6, 6.07) is 10.2. The summed E-state index contributed by atoms with van der Waals surface area (Å²) in [5.74, 6) is 0.280. The molecule has 1 aliphatic rings. The van der Waals surface area contributed by atoms with E-state index in [1.165, 1.54) is 31.9 Å². The van der Waals surface area contributed by atoms with E-state index in [4.69, 9.17) is 4.74 Å². The minimum atomic E-state index is -0.185. The molecule has 0 aromatic heterocycles. The van der Waals surface area contributed by atoms with Gasteiger partial charge in [0.25, 0.3) is 0 Å². The summed E-state index contributed by atoms with van der Waals surface area (Å²) in [7, 11) is 1.48. The predicted octanol–water partition coefficient (Wildman–Crippen LogP) is 3.46. The van der Waals surface area contributed by atoms with Crippen molar-refractivity contribution in [2.45, 2.75) is 51.1 Å². The first-order chi connectivity index (χ1) is 9.72. The summed E-state index contributed by atoms with van der Waals surface area (Å²) in [4.78, 5) is 12.1. The zero-order chi connectivity index (χ0) is 14.4. The number of carbonyl (C=O) groups excluding carboxylic acids is 1. The monoisotopic (exact) mass is 275 g/mol. The molecule has 1 aromatic carbocycles. The molecule has 0 spiro atoms. The SMILES string of the molecule is COC(=O)[C@H](N[C@@H](C)c1ccccc1)C1CCCCC1. The predicted molar refractivity (Wildman–Crippen MR) is 80.4 cm³/mol. The summed E-state index contributed by atoms with van der Waals surface area (Å²) in [5.41, 5.74) is 1.21. The maximum Gasteiger partial charge on any atom is 0.323 e. The van der Waals surface area contributed by atoms with Crippen LogP contribution in [0.5, 0.6) is 0 Å². The number of rotatable bonds is 5. The van der Waals surface area contributed by atoms with Crippen LogP contribution in [0.15, 0.2) is 30.3 Å². The molecule has 0 heterocycles. The lowest BCUT2D eigenvalue weighted by atomic mass is 9.83. The van der Waals surface area contributed by atoms with Crippen LogP contribution in [0.3, 0.4) is 0 Å². The molecule has 1 aromatic rings. The standard InChI is InChI=1S/C17H25NO2/c1-13(14-9-5-3-6-10-14)18-16(17(19)20-2)15-11-7-4-8-12-15/h3,5-6,9-10,13,15-16,18H,4,7-8,11-12H2,1-2H3/t13-,16+/m0/s1. The van der Waals surface area contributed by atoms with Gasteiger partial charge in [0.2, 0.25) is 0 Å². The number of carbonyl (C=O) groups is 1. The first kappa shape index (κ1) is 15.0. The molecule has 1 saturated carbocycles. The molecule has 2 rings (SSSR count). The number of ether oxygens (including phenoxy) is 1. The highest BCUT2D eigenvalue weighted by Crippen LogP contribution is 2.28. The molecule has 0 amide bonds. The first-order valence-electron chi connectivity index (χ1n) is 7.61. The van der Waals surface area contributed by atoms with Crippen LogP contribution in [0.4, 0.5) is 0 Å². The lowest BCUT2D eigenvalue weighted by Crippen LogP contribution is -2.45. The van der Waals surface area contributed by atoms with E-state index in [2.05, 4.69) is 24.4 Å². The van der Waals surface area contributed by atoms with Crippen molar-refractivity contribution in [3.8, 4) is 0 Å². The Morgan fingerprint density at radius 3 is 2.45 bits per heavy atom. The Morgan fingerprint density at radius 2 is 1.85 bits per heavy atom. The van der Waals surface area contributed by atoms with E-state index < -0.39 is 0 Å². The van der Waals surface area contributed by atoms with Crippen molar-refractivity contribution >= 4 is 5.97 Å². The van der Waals surface area contributed by atoms with Gasteiger partial charge in [-0.1, -0.05) is 49.6 Å². The highest BCUT2D eigenvalue weighted by atomic mass is 16.5. The Kier molecular flexibility index (Phi) is 5.60. The second kappa shape index (κ2) is 7.44. The van der Waals surface area contributed by atoms with E-state index in [-0.39, 0.29) is 18.1 Å². The van der Waals surface area contributed by atoms with Gasteiger partial charge in [-0.2, -0.15) is 0 Å². The number of methoxy groups -OCH3 is 1. The zero-order valence-electron chi connectivity index (χ0n) is 12.5. The van der Waals surface area contributed by atoms with E-state index in [0.717, 1.165) is 12.8 Å². The van der Waals surface area contributed by atoms with E-state index in [0.29, 0.717) is 5.92 Å². The molecule has 0 radical (unpaired) electrons. The summed E-state index contributed by atoms with van der Waals surface area (Å²) in [6.07, 6.45) is 5.97. The third kappa shape index (κ3) is 3.83. The van der Waals surface area contributed by atoms with Gasteiger partial charge >= 0.3 is 5.97 Å². The first-order valence-corrected chi connectivity index (χ1v) is 7.61.